The van der Waals surface area contributed by atoms with Gasteiger partial charge in [-0.1, -0.05) is 27.2 Å². The van der Waals surface area contributed by atoms with Crippen LogP contribution < -0.4 is 4.74 Å². The fourth-order valence-electron chi connectivity index (χ4n) is 1.69. The monoisotopic (exact) mass is 239 g/mol. The fourth-order valence-corrected chi connectivity index (χ4v) is 1.69. The summed E-state index contributed by atoms with van der Waals surface area (Å²) in [7, 11) is 4.15. The maximum atomic E-state index is 5.72. The van der Waals surface area contributed by atoms with E-state index in [0.717, 1.165) is 25.5 Å². The average Bonchev–Trinajstić information content (AvgIpc) is 2.71. The van der Waals surface area contributed by atoms with Crippen LogP contribution in [0.25, 0.3) is 0 Å². The summed E-state index contributed by atoms with van der Waals surface area (Å²) in [5.41, 5.74) is 1.21. The van der Waals surface area contributed by atoms with Gasteiger partial charge in [0.1, 0.15) is 6.61 Å². The zero-order valence-electron chi connectivity index (χ0n) is 11.7. The van der Waals surface area contributed by atoms with E-state index in [0.29, 0.717) is 6.04 Å². The van der Waals surface area contributed by atoms with Gasteiger partial charge in [0.05, 0.1) is 18.8 Å². The van der Waals surface area contributed by atoms with Gasteiger partial charge in [0, 0.05) is 5.56 Å². The molecular weight excluding hydrogens is 214 g/mol. The number of fused-ring (bicyclic) bond motifs is 1. The van der Waals surface area contributed by atoms with Crippen LogP contribution >= 0.6 is 0 Å². The highest BCUT2D eigenvalue weighted by molar-refractivity contribution is 5.25. The lowest BCUT2D eigenvalue weighted by Crippen LogP contribution is -2.41. The Bertz CT molecular complexity index is 333. The summed E-state index contributed by atoms with van der Waals surface area (Å²) in [5, 5.41) is 4.33. The molecule has 0 amide bonds. The predicted molar refractivity (Wildman–Crippen MR) is 70.5 cm³/mol. The molecule has 98 valence electrons. The van der Waals surface area contributed by atoms with Crippen molar-refractivity contribution in [3.05, 3.63) is 11.8 Å². The first-order valence-corrected chi connectivity index (χ1v) is 6.47. The lowest BCUT2D eigenvalue weighted by atomic mass is 10.2. The second-order valence-electron chi connectivity index (χ2n) is 4.65. The number of rotatable bonds is 2. The molecule has 0 radical (unpaired) electrons. The fraction of sp³-hybridized carbons (Fsp3) is 0.769. The molecule has 4 heteroatoms. The van der Waals surface area contributed by atoms with Gasteiger partial charge < -0.3 is 9.64 Å². The second kappa shape index (κ2) is 6.64. The van der Waals surface area contributed by atoms with Crippen molar-refractivity contribution >= 4 is 0 Å². The Morgan fingerprint density at radius 1 is 1.41 bits per heavy atom. The molecule has 4 nitrogen and oxygen atoms in total. The van der Waals surface area contributed by atoms with Gasteiger partial charge in [-0.15, -0.1) is 0 Å². The van der Waals surface area contributed by atoms with E-state index < -0.39 is 0 Å². The van der Waals surface area contributed by atoms with E-state index in [9.17, 15) is 0 Å². The Balaban J connectivity index is 0.000000437. The van der Waals surface area contributed by atoms with Crippen molar-refractivity contribution in [2.75, 3.05) is 20.7 Å². The first-order valence-electron chi connectivity index (χ1n) is 6.47. The quantitative estimate of drug-likeness (QED) is 0.792. The highest BCUT2D eigenvalue weighted by atomic mass is 16.5. The van der Waals surface area contributed by atoms with Crippen LogP contribution in [0.4, 0.5) is 0 Å². The highest BCUT2D eigenvalue weighted by Gasteiger charge is 2.23. The van der Waals surface area contributed by atoms with E-state index in [1.54, 1.807) is 0 Å². The molecule has 0 saturated carbocycles. The number of aromatic nitrogens is 2. The van der Waals surface area contributed by atoms with E-state index in [2.05, 4.69) is 44.9 Å². The van der Waals surface area contributed by atoms with Crippen LogP contribution in [0.1, 0.15) is 32.8 Å². The summed E-state index contributed by atoms with van der Waals surface area (Å²) >= 11 is 0. The Morgan fingerprint density at radius 3 is 2.59 bits per heavy atom. The van der Waals surface area contributed by atoms with Crippen LogP contribution in [0.15, 0.2) is 6.20 Å². The lowest BCUT2D eigenvalue weighted by Gasteiger charge is -2.29. The highest BCUT2D eigenvalue weighted by Crippen LogP contribution is 2.23. The molecule has 1 aliphatic rings. The Hall–Kier alpha value is -1.03. The minimum atomic E-state index is 0.437. The van der Waals surface area contributed by atoms with Crippen molar-refractivity contribution in [2.24, 2.45) is 0 Å². The van der Waals surface area contributed by atoms with Crippen molar-refractivity contribution in [1.29, 1.82) is 0 Å². The van der Waals surface area contributed by atoms with Gasteiger partial charge in [-0.05, 0) is 20.5 Å². The molecule has 0 aliphatic carbocycles. The first-order chi connectivity index (χ1) is 8.13. The maximum absolute atomic E-state index is 5.72. The van der Waals surface area contributed by atoms with Gasteiger partial charge in [0.25, 0.3) is 0 Å². The third kappa shape index (κ3) is 3.46. The maximum Gasteiger partial charge on any atom is 0.215 e. The Kier molecular flexibility index (Phi) is 5.48. The molecule has 1 unspecified atom stereocenters. The van der Waals surface area contributed by atoms with E-state index in [4.69, 9.17) is 4.74 Å². The smallest absolute Gasteiger partial charge is 0.215 e. The van der Waals surface area contributed by atoms with Crippen LogP contribution in [0.2, 0.25) is 0 Å². The molecule has 1 aliphatic heterocycles. The minimum absolute atomic E-state index is 0.437. The van der Waals surface area contributed by atoms with Crippen LogP contribution in [0.3, 0.4) is 0 Å². The van der Waals surface area contributed by atoms with Crippen molar-refractivity contribution in [1.82, 2.24) is 14.7 Å². The van der Waals surface area contributed by atoms with Crippen molar-refractivity contribution in [3.63, 3.8) is 0 Å². The Morgan fingerprint density at radius 2 is 2.06 bits per heavy atom. The standard InChI is InChI=1S/C10H17N3O.C3H8/c1-4-8-5-11-13-6-9(12(2)3)7-14-10(8)13;1-3-2/h5,9H,4,6-7H2,1-3H3;3H2,1-2H3. The molecule has 2 rings (SSSR count). The van der Waals surface area contributed by atoms with Crippen molar-refractivity contribution < 1.29 is 4.74 Å². The van der Waals surface area contributed by atoms with Gasteiger partial charge in [0.2, 0.25) is 5.88 Å². The molecule has 2 heterocycles. The summed E-state index contributed by atoms with van der Waals surface area (Å²) in [6.45, 7) is 8.08. The molecule has 1 aromatic heterocycles. The zero-order chi connectivity index (χ0) is 12.8. The number of hydrogen-bond acceptors (Lipinski definition) is 3. The summed E-state index contributed by atoms with van der Waals surface area (Å²) in [6.07, 6.45) is 4.15. The molecule has 17 heavy (non-hydrogen) atoms. The van der Waals surface area contributed by atoms with E-state index >= 15 is 0 Å². The third-order valence-electron chi connectivity index (χ3n) is 2.77. The second-order valence-corrected chi connectivity index (χ2v) is 4.65. The van der Waals surface area contributed by atoms with Gasteiger partial charge in [-0.3, -0.25) is 0 Å². The predicted octanol–water partition coefficient (Wildman–Crippen LogP) is 2.18. The van der Waals surface area contributed by atoms with E-state index in [1.165, 1.54) is 12.0 Å². The van der Waals surface area contributed by atoms with Gasteiger partial charge in [0.15, 0.2) is 0 Å². The van der Waals surface area contributed by atoms with E-state index in [1.807, 2.05) is 10.9 Å². The van der Waals surface area contributed by atoms with Crippen LogP contribution in [-0.4, -0.2) is 41.4 Å². The molecular formula is C13H25N3O. The summed E-state index contributed by atoms with van der Waals surface area (Å²) < 4.78 is 7.68. The van der Waals surface area contributed by atoms with E-state index in [-0.39, 0.29) is 0 Å². The van der Waals surface area contributed by atoms with Crippen molar-refractivity contribution in [2.45, 2.75) is 46.2 Å². The number of likely N-dealkylation sites (N-methyl/N-ethyl adjacent to an activating group) is 1. The number of ether oxygens (including phenoxy) is 1. The largest absolute Gasteiger partial charge is 0.476 e. The normalized spacial score (nSPS) is 18.1. The van der Waals surface area contributed by atoms with Crippen molar-refractivity contribution in [3.8, 4) is 5.88 Å². The Labute approximate surface area is 105 Å². The molecule has 0 aromatic carbocycles. The third-order valence-corrected chi connectivity index (χ3v) is 2.77. The minimum Gasteiger partial charge on any atom is -0.476 e. The summed E-state index contributed by atoms with van der Waals surface area (Å²) in [4.78, 5) is 2.18. The topological polar surface area (TPSA) is 30.3 Å². The number of aryl methyl sites for hydroxylation is 1. The average molecular weight is 239 g/mol. The molecule has 0 fully saturated rings. The SMILES string of the molecule is CCC.CCc1cnn2c1OCC(N(C)C)C2. The lowest BCUT2D eigenvalue weighted by molar-refractivity contribution is 0.119. The number of hydrogen-bond donors (Lipinski definition) is 0. The molecule has 1 atom stereocenters. The first kappa shape index (κ1) is 14.0. The molecule has 0 N–H and O–H groups in total. The van der Waals surface area contributed by atoms with Gasteiger partial charge in [-0.2, -0.15) is 5.10 Å². The summed E-state index contributed by atoms with van der Waals surface area (Å²) in [6, 6.07) is 0.437. The van der Waals surface area contributed by atoms with Crippen LogP contribution in [-0.2, 0) is 13.0 Å². The molecule has 1 aromatic rings. The summed E-state index contributed by atoms with van der Waals surface area (Å²) in [5.74, 6) is 0.964. The number of nitrogens with zero attached hydrogens (tertiary/aromatic N) is 3. The van der Waals surface area contributed by atoms with Gasteiger partial charge >= 0.3 is 0 Å². The zero-order valence-corrected chi connectivity index (χ0v) is 11.7. The van der Waals surface area contributed by atoms with Crippen LogP contribution in [0.5, 0.6) is 5.88 Å². The van der Waals surface area contributed by atoms with Crippen LogP contribution in [0, 0.1) is 0 Å². The van der Waals surface area contributed by atoms with Gasteiger partial charge in [-0.25, -0.2) is 4.68 Å². The molecule has 0 bridgehead atoms. The molecule has 0 spiro atoms. The molecule has 0 saturated heterocycles.